The molecule has 4 heteroatoms. The van der Waals surface area contributed by atoms with Crippen LogP contribution in [0.2, 0.25) is 5.02 Å². The summed E-state index contributed by atoms with van der Waals surface area (Å²) in [4.78, 5) is 6.94. The van der Waals surface area contributed by atoms with E-state index in [0.29, 0.717) is 0 Å². The van der Waals surface area contributed by atoms with Crippen LogP contribution in [0.1, 0.15) is 5.69 Å². The predicted molar refractivity (Wildman–Crippen MR) is 76.6 cm³/mol. The van der Waals surface area contributed by atoms with Crippen LogP contribution in [0.25, 0.3) is 10.9 Å². The molecule has 0 saturated carbocycles. The topological polar surface area (TPSA) is 28.2 Å². The van der Waals surface area contributed by atoms with Gasteiger partial charge in [-0.1, -0.05) is 11.6 Å². The molecular formula is C14H16ClN3. The third-order valence-corrected chi connectivity index (χ3v) is 3.57. The SMILES string of the molecule is Cc1ccc2c(N3CCNCC3)cc(Cl)cc2n1. The van der Waals surface area contributed by atoms with E-state index in [0.717, 1.165) is 42.4 Å². The van der Waals surface area contributed by atoms with Gasteiger partial charge in [0.15, 0.2) is 0 Å². The molecule has 0 atom stereocenters. The van der Waals surface area contributed by atoms with Crippen LogP contribution in [0.5, 0.6) is 0 Å². The summed E-state index contributed by atoms with van der Waals surface area (Å²) in [6.45, 7) is 6.08. The van der Waals surface area contributed by atoms with E-state index in [1.165, 1.54) is 11.1 Å². The van der Waals surface area contributed by atoms with Gasteiger partial charge in [-0.15, -0.1) is 0 Å². The average Bonchev–Trinajstić information content (AvgIpc) is 2.38. The Bertz CT molecular complexity index is 571. The van der Waals surface area contributed by atoms with Gasteiger partial charge in [0.1, 0.15) is 0 Å². The number of nitrogens with one attached hydrogen (secondary N) is 1. The lowest BCUT2D eigenvalue weighted by molar-refractivity contribution is 0.590. The summed E-state index contributed by atoms with van der Waals surface area (Å²) in [7, 11) is 0. The smallest absolute Gasteiger partial charge is 0.0740 e. The predicted octanol–water partition coefficient (Wildman–Crippen LogP) is 2.61. The molecule has 1 aromatic heterocycles. The van der Waals surface area contributed by atoms with Crippen molar-refractivity contribution in [3.8, 4) is 0 Å². The van der Waals surface area contributed by atoms with Crippen LogP contribution >= 0.6 is 11.6 Å². The number of piperazine rings is 1. The highest BCUT2D eigenvalue weighted by Gasteiger charge is 2.14. The molecule has 1 aliphatic rings. The van der Waals surface area contributed by atoms with Gasteiger partial charge in [-0.25, -0.2) is 0 Å². The van der Waals surface area contributed by atoms with Crippen molar-refractivity contribution in [2.45, 2.75) is 6.92 Å². The van der Waals surface area contributed by atoms with Crippen molar-refractivity contribution in [3.63, 3.8) is 0 Å². The number of aryl methyl sites for hydroxylation is 1. The molecule has 0 radical (unpaired) electrons. The van der Waals surface area contributed by atoms with Crippen molar-refractivity contribution >= 4 is 28.2 Å². The normalized spacial score (nSPS) is 16.2. The lowest BCUT2D eigenvalue weighted by atomic mass is 10.1. The number of nitrogens with zero attached hydrogens (tertiary/aromatic N) is 2. The zero-order valence-corrected chi connectivity index (χ0v) is 11.2. The van der Waals surface area contributed by atoms with Crippen molar-refractivity contribution in [1.29, 1.82) is 0 Å². The van der Waals surface area contributed by atoms with Crippen LogP contribution in [0.3, 0.4) is 0 Å². The second-order valence-corrected chi connectivity index (χ2v) is 5.12. The minimum Gasteiger partial charge on any atom is -0.368 e. The molecule has 0 bridgehead atoms. The molecule has 0 amide bonds. The van der Waals surface area contributed by atoms with Crippen LogP contribution in [0.15, 0.2) is 24.3 Å². The van der Waals surface area contributed by atoms with Crippen LogP contribution in [-0.2, 0) is 0 Å². The number of benzene rings is 1. The first-order chi connectivity index (χ1) is 8.74. The summed E-state index contributed by atoms with van der Waals surface area (Å²) in [5.41, 5.74) is 3.21. The van der Waals surface area contributed by atoms with E-state index in [9.17, 15) is 0 Å². The van der Waals surface area contributed by atoms with E-state index in [1.807, 2.05) is 19.1 Å². The number of hydrogen-bond acceptors (Lipinski definition) is 3. The van der Waals surface area contributed by atoms with Crippen molar-refractivity contribution < 1.29 is 0 Å². The highest BCUT2D eigenvalue weighted by atomic mass is 35.5. The third kappa shape index (κ3) is 2.16. The number of anilines is 1. The van der Waals surface area contributed by atoms with Gasteiger partial charge in [-0.2, -0.15) is 0 Å². The van der Waals surface area contributed by atoms with Crippen LogP contribution < -0.4 is 10.2 Å². The van der Waals surface area contributed by atoms with E-state index >= 15 is 0 Å². The first-order valence-electron chi connectivity index (χ1n) is 6.26. The van der Waals surface area contributed by atoms with Gasteiger partial charge in [0.25, 0.3) is 0 Å². The van der Waals surface area contributed by atoms with Gasteiger partial charge < -0.3 is 10.2 Å². The van der Waals surface area contributed by atoms with Crippen molar-refractivity contribution in [1.82, 2.24) is 10.3 Å². The molecule has 1 N–H and O–H groups in total. The summed E-state index contributed by atoms with van der Waals surface area (Å²) in [5, 5.41) is 5.31. The van der Waals surface area contributed by atoms with Gasteiger partial charge in [-0.05, 0) is 31.2 Å². The molecule has 1 saturated heterocycles. The maximum atomic E-state index is 6.21. The molecule has 0 unspecified atom stereocenters. The Kier molecular flexibility index (Phi) is 3.10. The Hall–Kier alpha value is -1.32. The maximum absolute atomic E-state index is 6.21. The molecule has 0 spiro atoms. The fourth-order valence-corrected chi connectivity index (χ4v) is 2.66. The van der Waals surface area contributed by atoms with Gasteiger partial charge in [0.2, 0.25) is 0 Å². The average molecular weight is 262 g/mol. The van der Waals surface area contributed by atoms with Crippen LogP contribution in [0.4, 0.5) is 5.69 Å². The molecule has 1 aliphatic heterocycles. The minimum atomic E-state index is 0.758. The molecule has 1 aromatic carbocycles. The molecule has 1 fully saturated rings. The largest absolute Gasteiger partial charge is 0.368 e. The van der Waals surface area contributed by atoms with Gasteiger partial charge in [0.05, 0.1) is 5.52 Å². The third-order valence-electron chi connectivity index (χ3n) is 3.35. The summed E-state index contributed by atoms with van der Waals surface area (Å²) in [5.74, 6) is 0. The Labute approximate surface area is 112 Å². The zero-order valence-electron chi connectivity index (χ0n) is 10.4. The number of rotatable bonds is 1. The van der Waals surface area contributed by atoms with E-state index in [1.54, 1.807) is 0 Å². The molecule has 3 rings (SSSR count). The molecule has 18 heavy (non-hydrogen) atoms. The molecular weight excluding hydrogens is 246 g/mol. The van der Waals surface area contributed by atoms with Crippen molar-refractivity contribution in [2.24, 2.45) is 0 Å². The first-order valence-corrected chi connectivity index (χ1v) is 6.64. The fourth-order valence-electron chi connectivity index (χ4n) is 2.45. The van der Waals surface area contributed by atoms with E-state index in [4.69, 9.17) is 11.6 Å². The highest BCUT2D eigenvalue weighted by molar-refractivity contribution is 6.31. The molecule has 94 valence electrons. The van der Waals surface area contributed by atoms with Crippen molar-refractivity contribution in [3.05, 3.63) is 35.0 Å². The summed E-state index contributed by atoms with van der Waals surface area (Å²) in [6, 6.07) is 8.19. The monoisotopic (exact) mass is 261 g/mol. The van der Waals surface area contributed by atoms with Crippen LogP contribution in [-0.4, -0.2) is 31.2 Å². The van der Waals surface area contributed by atoms with Crippen molar-refractivity contribution in [2.75, 3.05) is 31.1 Å². The number of pyridine rings is 1. The standard InChI is InChI=1S/C14H16ClN3/c1-10-2-3-12-13(17-10)8-11(15)9-14(12)18-6-4-16-5-7-18/h2-3,8-9,16H,4-7H2,1H3. The molecule has 3 nitrogen and oxygen atoms in total. The number of aromatic nitrogens is 1. The van der Waals surface area contributed by atoms with E-state index < -0.39 is 0 Å². The highest BCUT2D eigenvalue weighted by Crippen LogP contribution is 2.30. The summed E-state index contributed by atoms with van der Waals surface area (Å²) in [6.07, 6.45) is 0. The molecule has 2 aromatic rings. The lowest BCUT2D eigenvalue weighted by Crippen LogP contribution is -2.43. The van der Waals surface area contributed by atoms with Gasteiger partial charge in [-0.3, -0.25) is 4.98 Å². The lowest BCUT2D eigenvalue weighted by Gasteiger charge is -2.30. The fraction of sp³-hybridized carbons (Fsp3) is 0.357. The van der Waals surface area contributed by atoms with Crippen LogP contribution in [0, 0.1) is 6.92 Å². The summed E-state index contributed by atoms with van der Waals surface area (Å²) < 4.78 is 0. The minimum absolute atomic E-state index is 0.758. The Morgan fingerprint density at radius 1 is 1.22 bits per heavy atom. The second kappa shape index (κ2) is 4.75. The molecule has 2 heterocycles. The van der Waals surface area contributed by atoms with E-state index in [-0.39, 0.29) is 0 Å². The van der Waals surface area contributed by atoms with Gasteiger partial charge >= 0.3 is 0 Å². The Balaban J connectivity index is 2.14. The zero-order chi connectivity index (χ0) is 12.5. The van der Waals surface area contributed by atoms with Gasteiger partial charge in [0, 0.05) is 48.0 Å². The first kappa shape index (κ1) is 11.8. The second-order valence-electron chi connectivity index (χ2n) is 4.68. The number of fused-ring (bicyclic) bond motifs is 1. The molecule has 0 aliphatic carbocycles. The maximum Gasteiger partial charge on any atom is 0.0740 e. The Morgan fingerprint density at radius 2 is 2.00 bits per heavy atom. The Morgan fingerprint density at radius 3 is 2.78 bits per heavy atom. The summed E-state index contributed by atoms with van der Waals surface area (Å²) >= 11 is 6.21. The van der Waals surface area contributed by atoms with E-state index in [2.05, 4.69) is 27.3 Å². The number of halogens is 1. The quantitative estimate of drug-likeness (QED) is 0.855. The number of hydrogen-bond donors (Lipinski definition) is 1.